The van der Waals surface area contributed by atoms with E-state index in [0.717, 1.165) is 0 Å². The van der Waals surface area contributed by atoms with Crippen molar-refractivity contribution < 1.29 is 9.63 Å². The minimum Gasteiger partial charge on any atom is -0.273 e. The number of aromatic nitrogens is 1. The number of hydroxylamine groups is 1. The second kappa shape index (κ2) is 5.82. The molecule has 1 amide bonds. The van der Waals surface area contributed by atoms with Gasteiger partial charge in [-0.2, -0.15) is 0 Å². The fourth-order valence-corrected chi connectivity index (χ4v) is 1.20. The Balaban J connectivity index is 2.47. The molecule has 82 valence electrons. The van der Waals surface area contributed by atoms with Gasteiger partial charge in [-0.05, 0) is 34.0 Å². The number of rotatable bonds is 4. The van der Waals surface area contributed by atoms with Gasteiger partial charge in [-0.25, -0.2) is 10.5 Å². The molecule has 0 aromatic carbocycles. The number of carbonyl (C=O) groups is 1. The molecule has 1 aromatic rings. The fraction of sp³-hybridized carbons (Fsp3) is 0.400. The van der Waals surface area contributed by atoms with Crippen LogP contribution in [0.4, 0.5) is 0 Å². The Morgan fingerprint density at radius 2 is 2.33 bits per heavy atom. The molecule has 0 fully saturated rings. The first-order chi connectivity index (χ1) is 7.09. The molecule has 0 saturated heterocycles. The largest absolute Gasteiger partial charge is 0.293 e. The molecule has 1 N–H and O–H groups in total. The summed E-state index contributed by atoms with van der Waals surface area (Å²) in [5.74, 6) is 0.0396. The van der Waals surface area contributed by atoms with E-state index >= 15 is 0 Å². The highest BCUT2D eigenvalue weighted by Gasteiger charge is 2.07. The topological polar surface area (TPSA) is 51.2 Å². The molecule has 1 rings (SSSR count). The smallest absolute Gasteiger partial charge is 0.273 e. The minimum atomic E-state index is -0.336. The van der Waals surface area contributed by atoms with E-state index in [2.05, 4.69) is 26.4 Å². The van der Waals surface area contributed by atoms with Crippen LogP contribution in [0.15, 0.2) is 22.8 Å². The SMILES string of the molecule is CC(C)CONC(=O)c1cccc(Br)n1. The van der Waals surface area contributed by atoms with E-state index in [1.165, 1.54) is 0 Å². The van der Waals surface area contributed by atoms with Crippen molar-refractivity contribution in [3.63, 3.8) is 0 Å². The van der Waals surface area contributed by atoms with Gasteiger partial charge in [-0.3, -0.25) is 9.63 Å². The predicted molar refractivity (Wildman–Crippen MR) is 60.2 cm³/mol. The Labute approximate surface area is 97.1 Å². The number of pyridine rings is 1. The van der Waals surface area contributed by atoms with Crippen LogP contribution in [0, 0.1) is 5.92 Å². The Morgan fingerprint density at radius 1 is 1.60 bits per heavy atom. The third-order valence-electron chi connectivity index (χ3n) is 1.53. The zero-order valence-electron chi connectivity index (χ0n) is 8.66. The first kappa shape index (κ1) is 12.1. The summed E-state index contributed by atoms with van der Waals surface area (Å²) in [5.41, 5.74) is 2.66. The highest BCUT2D eigenvalue weighted by atomic mass is 79.9. The Morgan fingerprint density at radius 3 is 2.93 bits per heavy atom. The van der Waals surface area contributed by atoms with Crippen molar-refractivity contribution in [2.24, 2.45) is 5.92 Å². The van der Waals surface area contributed by atoms with Gasteiger partial charge in [0.1, 0.15) is 10.3 Å². The second-order valence-corrected chi connectivity index (χ2v) is 4.29. The van der Waals surface area contributed by atoms with Gasteiger partial charge >= 0.3 is 0 Å². The lowest BCUT2D eigenvalue weighted by molar-refractivity contribution is 0.0204. The molecule has 0 radical (unpaired) electrons. The van der Waals surface area contributed by atoms with Gasteiger partial charge in [0.05, 0.1) is 6.61 Å². The van der Waals surface area contributed by atoms with Crippen LogP contribution in [0.25, 0.3) is 0 Å². The lowest BCUT2D eigenvalue weighted by Gasteiger charge is -2.07. The third-order valence-corrected chi connectivity index (χ3v) is 1.97. The molecule has 0 aliphatic heterocycles. The molecule has 0 spiro atoms. The van der Waals surface area contributed by atoms with E-state index in [9.17, 15) is 4.79 Å². The maximum atomic E-state index is 11.5. The number of amides is 1. The van der Waals surface area contributed by atoms with Gasteiger partial charge in [-0.1, -0.05) is 19.9 Å². The summed E-state index contributed by atoms with van der Waals surface area (Å²) in [6.45, 7) is 4.49. The highest BCUT2D eigenvalue weighted by Crippen LogP contribution is 2.06. The van der Waals surface area contributed by atoms with Crippen LogP contribution in [-0.4, -0.2) is 17.5 Å². The van der Waals surface area contributed by atoms with Crippen LogP contribution in [0.1, 0.15) is 24.3 Å². The summed E-state index contributed by atoms with van der Waals surface area (Å²) in [6.07, 6.45) is 0. The lowest BCUT2D eigenvalue weighted by atomic mass is 10.2. The van der Waals surface area contributed by atoms with Crippen molar-refractivity contribution in [3.8, 4) is 0 Å². The van der Waals surface area contributed by atoms with Crippen molar-refractivity contribution in [2.75, 3.05) is 6.61 Å². The van der Waals surface area contributed by atoms with Crippen LogP contribution < -0.4 is 5.48 Å². The molecular formula is C10H13BrN2O2. The number of halogens is 1. The zero-order chi connectivity index (χ0) is 11.3. The van der Waals surface area contributed by atoms with Gasteiger partial charge in [-0.15, -0.1) is 0 Å². The molecule has 0 aliphatic carbocycles. The summed E-state index contributed by atoms with van der Waals surface area (Å²) < 4.78 is 0.624. The molecule has 1 heterocycles. The van der Waals surface area contributed by atoms with Crippen LogP contribution in [0.2, 0.25) is 0 Å². The van der Waals surface area contributed by atoms with Gasteiger partial charge in [0.2, 0.25) is 0 Å². The zero-order valence-corrected chi connectivity index (χ0v) is 10.2. The molecule has 4 nitrogen and oxygen atoms in total. The molecule has 0 aliphatic rings. The Bertz CT molecular complexity index is 342. The van der Waals surface area contributed by atoms with Crippen molar-refractivity contribution in [3.05, 3.63) is 28.5 Å². The van der Waals surface area contributed by atoms with E-state index in [-0.39, 0.29) is 5.91 Å². The molecule has 0 atom stereocenters. The summed E-state index contributed by atoms with van der Waals surface area (Å²) in [4.78, 5) is 20.5. The molecule has 0 bridgehead atoms. The molecule has 1 aromatic heterocycles. The summed E-state index contributed by atoms with van der Waals surface area (Å²) in [6, 6.07) is 5.12. The first-order valence-electron chi connectivity index (χ1n) is 4.64. The monoisotopic (exact) mass is 272 g/mol. The Kier molecular flexibility index (Phi) is 4.71. The maximum absolute atomic E-state index is 11.5. The average molecular weight is 273 g/mol. The van der Waals surface area contributed by atoms with Gasteiger partial charge in [0.25, 0.3) is 5.91 Å². The number of hydrogen-bond donors (Lipinski definition) is 1. The maximum Gasteiger partial charge on any atom is 0.293 e. The summed E-state index contributed by atoms with van der Waals surface area (Å²) in [5, 5.41) is 0. The van der Waals surface area contributed by atoms with E-state index in [0.29, 0.717) is 22.8 Å². The molecule has 0 saturated carbocycles. The van der Waals surface area contributed by atoms with E-state index < -0.39 is 0 Å². The number of hydrogen-bond acceptors (Lipinski definition) is 3. The second-order valence-electron chi connectivity index (χ2n) is 3.48. The summed E-state index contributed by atoms with van der Waals surface area (Å²) >= 11 is 3.19. The first-order valence-corrected chi connectivity index (χ1v) is 5.43. The van der Waals surface area contributed by atoms with Crippen LogP contribution in [0.5, 0.6) is 0 Å². The predicted octanol–water partition coefficient (Wildman–Crippen LogP) is 2.16. The minimum absolute atomic E-state index is 0.327. The number of nitrogens with zero attached hydrogens (tertiary/aromatic N) is 1. The van der Waals surface area contributed by atoms with Crippen molar-refractivity contribution in [2.45, 2.75) is 13.8 Å². The molecule has 15 heavy (non-hydrogen) atoms. The lowest BCUT2D eigenvalue weighted by Crippen LogP contribution is -2.26. The van der Waals surface area contributed by atoms with Crippen molar-refractivity contribution in [1.82, 2.24) is 10.5 Å². The van der Waals surface area contributed by atoms with Crippen LogP contribution >= 0.6 is 15.9 Å². The molecule has 0 unspecified atom stereocenters. The summed E-state index contributed by atoms with van der Waals surface area (Å²) in [7, 11) is 0. The van der Waals surface area contributed by atoms with E-state index in [1.807, 2.05) is 13.8 Å². The van der Waals surface area contributed by atoms with Crippen molar-refractivity contribution in [1.29, 1.82) is 0 Å². The molecule has 5 heteroatoms. The average Bonchev–Trinajstić information content (AvgIpc) is 2.17. The van der Waals surface area contributed by atoms with Gasteiger partial charge in [0, 0.05) is 0 Å². The molecular weight excluding hydrogens is 260 g/mol. The van der Waals surface area contributed by atoms with Gasteiger partial charge < -0.3 is 0 Å². The fourth-order valence-electron chi connectivity index (χ4n) is 0.861. The third kappa shape index (κ3) is 4.40. The number of nitrogens with one attached hydrogen (secondary N) is 1. The highest BCUT2D eigenvalue weighted by molar-refractivity contribution is 9.10. The van der Waals surface area contributed by atoms with Gasteiger partial charge in [0.15, 0.2) is 0 Å². The Hall–Kier alpha value is -0.940. The van der Waals surface area contributed by atoms with Crippen LogP contribution in [0.3, 0.4) is 0 Å². The normalized spacial score (nSPS) is 10.4. The van der Waals surface area contributed by atoms with Crippen LogP contribution in [-0.2, 0) is 4.84 Å². The number of carbonyl (C=O) groups excluding carboxylic acids is 1. The quantitative estimate of drug-likeness (QED) is 0.675. The van der Waals surface area contributed by atoms with E-state index in [1.54, 1.807) is 18.2 Å². The van der Waals surface area contributed by atoms with E-state index in [4.69, 9.17) is 4.84 Å². The standard InChI is InChI=1S/C10H13BrN2O2/c1-7(2)6-15-13-10(14)8-4-3-5-9(11)12-8/h3-5,7H,6H2,1-2H3,(H,13,14). The van der Waals surface area contributed by atoms with Crippen molar-refractivity contribution >= 4 is 21.8 Å².